The van der Waals surface area contributed by atoms with Crippen LogP contribution in [0.4, 0.5) is 17.1 Å². The van der Waals surface area contributed by atoms with Gasteiger partial charge in [0.2, 0.25) is 0 Å². The third kappa shape index (κ3) is 6.49. The van der Waals surface area contributed by atoms with Crippen LogP contribution in [0.1, 0.15) is 22.9 Å². The maximum absolute atomic E-state index is 7.31. The smallest absolute Gasteiger partial charge is 0.136 e. The first kappa shape index (κ1) is 34.9. The molecule has 1 unspecified atom stereocenters. The van der Waals surface area contributed by atoms with Crippen molar-refractivity contribution in [2.45, 2.75) is 6.17 Å². The van der Waals surface area contributed by atoms with E-state index < -0.39 is 6.17 Å². The van der Waals surface area contributed by atoms with Crippen LogP contribution in [-0.2, 0) is 0 Å². The fraction of sp³-hybridized carbons (Fsp3) is 0.0189. The first-order valence-corrected chi connectivity index (χ1v) is 19.5. The lowest BCUT2D eigenvalue weighted by Crippen LogP contribution is -2.29. The fourth-order valence-electron chi connectivity index (χ4n) is 8.10. The second kappa shape index (κ2) is 14.8. The van der Waals surface area contributed by atoms with Gasteiger partial charge >= 0.3 is 0 Å². The lowest BCUT2D eigenvalue weighted by Gasteiger charge is -2.26. The van der Waals surface area contributed by atoms with Gasteiger partial charge < -0.3 is 26.1 Å². The molecule has 0 amide bonds. The molecule has 10 rings (SSSR count). The van der Waals surface area contributed by atoms with Crippen LogP contribution < -0.4 is 21.7 Å². The summed E-state index contributed by atoms with van der Waals surface area (Å²) in [4.78, 5) is 2.29. The van der Waals surface area contributed by atoms with Gasteiger partial charge in [-0.05, 0) is 104 Å². The Labute approximate surface area is 337 Å². The lowest BCUT2D eigenvalue weighted by molar-refractivity contribution is 0.660. The molecule has 0 saturated carbocycles. The van der Waals surface area contributed by atoms with Gasteiger partial charge in [-0.2, -0.15) is 0 Å². The Kier molecular flexibility index (Phi) is 8.90. The molecule has 0 bridgehead atoms. The Morgan fingerprint density at radius 3 is 1.71 bits per heavy atom. The van der Waals surface area contributed by atoms with Gasteiger partial charge in [0.15, 0.2) is 0 Å². The highest BCUT2D eigenvalue weighted by Crippen LogP contribution is 2.41. The van der Waals surface area contributed by atoms with Crippen LogP contribution in [0.5, 0.6) is 0 Å². The zero-order valence-electron chi connectivity index (χ0n) is 31.7. The van der Waals surface area contributed by atoms with Crippen molar-refractivity contribution in [3.8, 4) is 11.1 Å². The molecule has 5 heteroatoms. The van der Waals surface area contributed by atoms with E-state index in [0.29, 0.717) is 5.70 Å². The summed E-state index contributed by atoms with van der Waals surface area (Å²) in [5, 5.41) is 10.3. The largest absolute Gasteiger partial charge is 0.456 e. The van der Waals surface area contributed by atoms with E-state index >= 15 is 0 Å². The molecule has 0 aliphatic rings. The van der Waals surface area contributed by atoms with Crippen LogP contribution in [0.2, 0.25) is 0 Å². The number of hydrogen-bond donors (Lipinski definition) is 3. The van der Waals surface area contributed by atoms with E-state index in [9.17, 15) is 0 Å². The lowest BCUT2D eigenvalue weighted by atomic mass is 9.95. The zero-order chi connectivity index (χ0) is 39.0. The molecule has 0 aliphatic heterocycles. The number of rotatable bonds is 9. The van der Waals surface area contributed by atoms with Gasteiger partial charge in [-0.3, -0.25) is 0 Å². The molecule has 5 N–H and O–H groups in total. The van der Waals surface area contributed by atoms with E-state index in [1.165, 1.54) is 10.8 Å². The second-order valence-electron chi connectivity index (χ2n) is 14.6. The van der Waals surface area contributed by atoms with Crippen molar-refractivity contribution < 1.29 is 4.42 Å². The number of fused-ring (bicyclic) bond motifs is 5. The summed E-state index contributed by atoms with van der Waals surface area (Å²) in [6.07, 6.45) is -0.645. The molecule has 0 fully saturated rings. The summed E-state index contributed by atoms with van der Waals surface area (Å²) in [5.41, 5.74) is 25.2. The Bertz CT molecular complexity index is 3100. The van der Waals surface area contributed by atoms with Gasteiger partial charge in [-0.1, -0.05) is 146 Å². The maximum Gasteiger partial charge on any atom is 0.136 e. The van der Waals surface area contributed by atoms with Crippen molar-refractivity contribution >= 4 is 71.9 Å². The molecule has 1 aromatic heterocycles. The Balaban J connectivity index is 1.11. The third-order valence-electron chi connectivity index (χ3n) is 11.0. The Morgan fingerprint density at radius 2 is 1.02 bits per heavy atom. The monoisotopic (exact) mass is 748 g/mol. The standard InChI is InChI=1S/C53H40N4O/c54-51(37-15-4-1-5-16-37)52(38-17-6-2-7-18-38)56-53(55)47-32-42(34-49-50(47)46-31-40-20-12-13-21-41(40)33-48(46)58-49)36-24-27-44(28-25-36)57(43-22-8-3-9-23-43)45-29-26-35-14-10-11-19-39(35)30-45/h1-34,53,56H,54-55H2/b52-51-. The van der Waals surface area contributed by atoms with E-state index in [1.807, 2.05) is 54.6 Å². The molecule has 0 aliphatic carbocycles. The van der Waals surface area contributed by atoms with Crippen molar-refractivity contribution in [1.82, 2.24) is 5.32 Å². The number of nitrogens with two attached hydrogens (primary N) is 2. The maximum atomic E-state index is 7.31. The molecule has 58 heavy (non-hydrogen) atoms. The number of benzene rings is 9. The fourth-order valence-corrected chi connectivity index (χ4v) is 8.10. The summed E-state index contributed by atoms with van der Waals surface area (Å²) in [6, 6.07) is 71.4. The zero-order valence-corrected chi connectivity index (χ0v) is 31.7. The molecule has 10 aromatic rings. The van der Waals surface area contributed by atoms with Crippen LogP contribution in [-0.4, -0.2) is 0 Å². The number of hydrogen-bond acceptors (Lipinski definition) is 5. The number of anilines is 3. The predicted molar refractivity (Wildman–Crippen MR) is 243 cm³/mol. The molecular formula is C53H40N4O. The number of nitrogens with one attached hydrogen (secondary N) is 1. The van der Waals surface area contributed by atoms with Gasteiger partial charge in [0.25, 0.3) is 0 Å². The average Bonchev–Trinajstić information content (AvgIpc) is 3.65. The first-order valence-electron chi connectivity index (χ1n) is 19.5. The Morgan fingerprint density at radius 1 is 0.466 bits per heavy atom. The third-order valence-corrected chi connectivity index (χ3v) is 11.0. The molecule has 0 radical (unpaired) electrons. The van der Waals surface area contributed by atoms with Gasteiger partial charge in [0.05, 0.1) is 11.4 Å². The minimum atomic E-state index is -0.645. The molecule has 0 saturated heterocycles. The van der Waals surface area contributed by atoms with Gasteiger partial charge in [0.1, 0.15) is 17.3 Å². The van der Waals surface area contributed by atoms with E-state index in [4.69, 9.17) is 15.9 Å². The normalized spacial score (nSPS) is 12.5. The van der Waals surface area contributed by atoms with E-state index in [-0.39, 0.29) is 0 Å². The molecular weight excluding hydrogens is 709 g/mol. The minimum Gasteiger partial charge on any atom is -0.456 e. The highest BCUT2D eigenvalue weighted by molar-refractivity contribution is 6.12. The summed E-state index contributed by atoms with van der Waals surface area (Å²) < 4.78 is 6.70. The quantitative estimate of drug-likeness (QED) is 0.101. The molecule has 0 spiro atoms. The molecule has 5 nitrogen and oxygen atoms in total. The van der Waals surface area contributed by atoms with Crippen molar-refractivity contribution in [3.63, 3.8) is 0 Å². The van der Waals surface area contributed by atoms with Gasteiger partial charge in [-0.25, -0.2) is 0 Å². The number of nitrogens with zero attached hydrogens (tertiary/aromatic N) is 1. The SMILES string of the molecule is N/C(=C(\NC(N)c1cc(-c2ccc(N(c3ccccc3)c3ccc4ccccc4c3)cc2)cc2oc3cc4ccccc4cc3c12)c1ccccc1)c1ccccc1. The van der Waals surface area contributed by atoms with E-state index in [0.717, 1.165) is 83.3 Å². The molecule has 278 valence electrons. The Hall–Kier alpha value is -7.60. The molecule has 9 aromatic carbocycles. The van der Waals surface area contributed by atoms with E-state index in [1.54, 1.807) is 0 Å². The van der Waals surface area contributed by atoms with Crippen molar-refractivity contribution in [3.05, 3.63) is 223 Å². The van der Waals surface area contributed by atoms with Gasteiger partial charge in [-0.15, -0.1) is 0 Å². The number of para-hydroxylation sites is 1. The van der Waals surface area contributed by atoms with Crippen molar-refractivity contribution in [2.24, 2.45) is 11.5 Å². The topological polar surface area (TPSA) is 80.4 Å². The predicted octanol–water partition coefficient (Wildman–Crippen LogP) is 13.1. The van der Waals surface area contributed by atoms with Crippen LogP contribution in [0.25, 0.3) is 66.0 Å². The highest BCUT2D eigenvalue weighted by atomic mass is 16.3. The highest BCUT2D eigenvalue weighted by Gasteiger charge is 2.22. The van der Waals surface area contributed by atoms with Gasteiger partial charge in [0, 0.05) is 33.4 Å². The summed E-state index contributed by atoms with van der Waals surface area (Å²) in [5.74, 6) is 0. The van der Waals surface area contributed by atoms with Crippen LogP contribution in [0.15, 0.2) is 211 Å². The van der Waals surface area contributed by atoms with E-state index in [2.05, 4.69) is 162 Å². The summed E-state index contributed by atoms with van der Waals surface area (Å²) >= 11 is 0. The second-order valence-corrected chi connectivity index (χ2v) is 14.6. The molecule has 1 atom stereocenters. The van der Waals surface area contributed by atoms with Crippen molar-refractivity contribution in [1.29, 1.82) is 0 Å². The van der Waals surface area contributed by atoms with Crippen molar-refractivity contribution in [2.75, 3.05) is 4.90 Å². The summed E-state index contributed by atoms with van der Waals surface area (Å²) in [6.45, 7) is 0. The number of furan rings is 1. The molecule has 1 heterocycles. The van der Waals surface area contributed by atoms with Crippen LogP contribution in [0.3, 0.4) is 0 Å². The minimum absolute atomic E-state index is 0.614. The van der Waals surface area contributed by atoms with Crippen LogP contribution in [0, 0.1) is 0 Å². The average molecular weight is 749 g/mol. The summed E-state index contributed by atoms with van der Waals surface area (Å²) in [7, 11) is 0. The first-order chi connectivity index (χ1) is 28.6. The van der Waals surface area contributed by atoms with Crippen LogP contribution >= 0.6 is 0 Å².